The summed E-state index contributed by atoms with van der Waals surface area (Å²) in [6.07, 6.45) is 0. The minimum absolute atomic E-state index is 0.0452. The lowest BCUT2D eigenvalue weighted by Gasteiger charge is -2.06. The van der Waals surface area contributed by atoms with Crippen molar-refractivity contribution in [2.45, 2.75) is 18.4 Å². The molecular weight excluding hydrogens is 270 g/mol. The maximum absolute atomic E-state index is 11.8. The maximum atomic E-state index is 11.8. The van der Waals surface area contributed by atoms with Gasteiger partial charge in [-0.2, -0.15) is 8.78 Å². The Kier molecular flexibility index (Phi) is 4.20. The van der Waals surface area contributed by atoms with Crippen molar-refractivity contribution in [1.82, 2.24) is 0 Å². The molecule has 1 rings (SSSR count). The van der Waals surface area contributed by atoms with Gasteiger partial charge in [-0.25, -0.2) is 0 Å². The fourth-order valence-corrected chi connectivity index (χ4v) is 1.29. The number of carbonyl (C=O) groups is 1. The Morgan fingerprint density at radius 1 is 1.33 bits per heavy atom. The Balaban J connectivity index is 2.76. The number of Topliss-reactive ketones (excluding diaryl/α,β-unsaturated/α-hetero) is 1. The zero-order chi connectivity index (χ0) is 11.4. The van der Waals surface area contributed by atoms with Gasteiger partial charge >= 0.3 is 6.61 Å². The summed E-state index contributed by atoms with van der Waals surface area (Å²) in [6, 6.07) is 5.60. The van der Waals surface area contributed by atoms with Crippen LogP contribution in [-0.4, -0.2) is 17.2 Å². The van der Waals surface area contributed by atoms with Crippen LogP contribution >= 0.6 is 15.9 Å². The second-order valence-electron chi connectivity index (χ2n) is 2.88. The summed E-state index contributed by atoms with van der Waals surface area (Å²) in [7, 11) is 0. The molecule has 0 radical (unpaired) electrons. The van der Waals surface area contributed by atoms with Gasteiger partial charge in [0.2, 0.25) is 0 Å². The zero-order valence-corrected chi connectivity index (χ0v) is 9.50. The smallest absolute Gasteiger partial charge is 0.387 e. The molecular formula is C10H9BrF2O2. The minimum Gasteiger partial charge on any atom is -0.435 e. The number of hydrogen-bond donors (Lipinski definition) is 0. The SMILES string of the molecule is C[C@H](Br)C(=O)c1ccc(OC(F)F)cc1. The van der Waals surface area contributed by atoms with Crippen molar-refractivity contribution < 1.29 is 18.3 Å². The van der Waals surface area contributed by atoms with Crippen molar-refractivity contribution in [1.29, 1.82) is 0 Å². The van der Waals surface area contributed by atoms with Crippen LogP contribution in [0.3, 0.4) is 0 Å². The van der Waals surface area contributed by atoms with E-state index in [0.717, 1.165) is 0 Å². The van der Waals surface area contributed by atoms with Crippen molar-refractivity contribution in [3.8, 4) is 5.75 Å². The molecule has 15 heavy (non-hydrogen) atoms. The van der Waals surface area contributed by atoms with Crippen molar-refractivity contribution in [2.75, 3.05) is 0 Å². The van der Waals surface area contributed by atoms with Gasteiger partial charge in [-0.05, 0) is 31.2 Å². The lowest BCUT2D eigenvalue weighted by atomic mass is 10.1. The summed E-state index contributed by atoms with van der Waals surface area (Å²) in [4.78, 5) is 11.1. The summed E-state index contributed by atoms with van der Waals surface area (Å²) < 4.78 is 27.8. The lowest BCUT2D eigenvalue weighted by molar-refractivity contribution is -0.0498. The molecule has 0 amide bonds. The quantitative estimate of drug-likeness (QED) is 0.624. The first-order valence-electron chi connectivity index (χ1n) is 4.24. The molecule has 1 atom stereocenters. The summed E-state index contributed by atoms with van der Waals surface area (Å²) >= 11 is 3.13. The monoisotopic (exact) mass is 278 g/mol. The fourth-order valence-electron chi connectivity index (χ4n) is 1.03. The molecule has 0 fully saturated rings. The normalized spacial score (nSPS) is 12.6. The van der Waals surface area contributed by atoms with Gasteiger partial charge in [-0.15, -0.1) is 0 Å². The van der Waals surface area contributed by atoms with Crippen LogP contribution in [-0.2, 0) is 0 Å². The summed E-state index contributed by atoms with van der Waals surface area (Å²) in [5.74, 6) is -0.0534. The molecule has 0 saturated carbocycles. The van der Waals surface area contributed by atoms with E-state index in [1.165, 1.54) is 24.3 Å². The summed E-state index contributed by atoms with van der Waals surface area (Å²) in [5.41, 5.74) is 0.459. The Morgan fingerprint density at radius 2 is 1.87 bits per heavy atom. The molecule has 0 bridgehead atoms. The maximum Gasteiger partial charge on any atom is 0.387 e. The minimum atomic E-state index is -2.85. The number of benzene rings is 1. The van der Waals surface area contributed by atoms with Crippen LogP contribution in [0.25, 0.3) is 0 Å². The third-order valence-electron chi connectivity index (χ3n) is 1.73. The molecule has 0 N–H and O–H groups in total. The van der Waals surface area contributed by atoms with Gasteiger partial charge in [0.15, 0.2) is 5.78 Å². The van der Waals surface area contributed by atoms with Crippen LogP contribution in [0.2, 0.25) is 0 Å². The highest BCUT2D eigenvalue weighted by Crippen LogP contribution is 2.17. The molecule has 0 saturated heterocycles. The van der Waals surface area contributed by atoms with Crippen molar-refractivity contribution in [2.24, 2.45) is 0 Å². The predicted octanol–water partition coefficient (Wildman–Crippen LogP) is 3.25. The molecule has 1 aromatic carbocycles. The van der Waals surface area contributed by atoms with Gasteiger partial charge < -0.3 is 4.74 Å². The van der Waals surface area contributed by atoms with E-state index >= 15 is 0 Å². The van der Waals surface area contributed by atoms with E-state index in [-0.39, 0.29) is 16.4 Å². The van der Waals surface area contributed by atoms with Gasteiger partial charge in [0.1, 0.15) is 5.75 Å². The van der Waals surface area contributed by atoms with Crippen LogP contribution in [0, 0.1) is 0 Å². The molecule has 2 nitrogen and oxygen atoms in total. The van der Waals surface area contributed by atoms with Crippen LogP contribution in [0.1, 0.15) is 17.3 Å². The molecule has 0 spiro atoms. The van der Waals surface area contributed by atoms with Crippen LogP contribution in [0.5, 0.6) is 5.75 Å². The van der Waals surface area contributed by atoms with E-state index in [2.05, 4.69) is 20.7 Å². The molecule has 1 aromatic rings. The standard InChI is InChI=1S/C10H9BrF2O2/c1-6(11)9(14)7-2-4-8(5-3-7)15-10(12)13/h2-6,10H,1H3/t6-/m0/s1. The molecule has 0 aromatic heterocycles. The highest BCUT2D eigenvalue weighted by Gasteiger charge is 2.12. The molecule has 0 aliphatic heterocycles. The van der Waals surface area contributed by atoms with Crippen LogP contribution < -0.4 is 4.74 Å². The zero-order valence-electron chi connectivity index (χ0n) is 7.91. The first-order chi connectivity index (χ1) is 7.00. The van der Waals surface area contributed by atoms with E-state index in [1.54, 1.807) is 6.92 Å². The number of alkyl halides is 3. The molecule has 0 unspecified atom stereocenters. The molecule has 5 heteroatoms. The predicted molar refractivity (Wildman–Crippen MR) is 55.8 cm³/mol. The lowest BCUT2D eigenvalue weighted by Crippen LogP contribution is -2.09. The van der Waals surface area contributed by atoms with Gasteiger partial charge in [0.25, 0.3) is 0 Å². The topological polar surface area (TPSA) is 26.3 Å². The Labute approximate surface area is 94.4 Å². The van der Waals surface area contributed by atoms with Gasteiger partial charge in [0.05, 0.1) is 4.83 Å². The van der Waals surface area contributed by atoms with Crippen molar-refractivity contribution in [3.63, 3.8) is 0 Å². The van der Waals surface area contributed by atoms with Crippen molar-refractivity contribution in [3.05, 3.63) is 29.8 Å². The summed E-state index contributed by atoms with van der Waals surface area (Å²) in [5, 5.41) is 0. The molecule has 82 valence electrons. The van der Waals surface area contributed by atoms with Gasteiger partial charge in [0, 0.05) is 5.56 Å². The Morgan fingerprint density at radius 3 is 2.27 bits per heavy atom. The summed E-state index contributed by atoms with van der Waals surface area (Å²) in [6.45, 7) is -1.15. The second kappa shape index (κ2) is 5.21. The average molecular weight is 279 g/mol. The van der Waals surface area contributed by atoms with E-state index in [1.807, 2.05) is 0 Å². The highest BCUT2D eigenvalue weighted by molar-refractivity contribution is 9.10. The van der Waals surface area contributed by atoms with E-state index < -0.39 is 6.61 Å². The Hall–Kier alpha value is -0.970. The van der Waals surface area contributed by atoms with Crippen molar-refractivity contribution >= 4 is 21.7 Å². The number of carbonyl (C=O) groups excluding carboxylic acids is 1. The van der Waals surface area contributed by atoms with E-state index in [9.17, 15) is 13.6 Å². The van der Waals surface area contributed by atoms with Gasteiger partial charge in [-0.1, -0.05) is 15.9 Å². The highest BCUT2D eigenvalue weighted by atomic mass is 79.9. The van der Waals surface area contributed by atoms with E-state index in [4.69, 9.17) is 0 Å². The molecule has 0 aliphatic carbocycles. The Bertz CT molecular complexity index is 336. The second-order valence-corrected chi connectivity index (χ2v) is 4.26. The van der Waals surface area contributed by atoms with E-state index in [0.29, 0.717) is 5.56 Å². The first-order valence-corrected chi connectivity index (χ1v) is 5.15. The largest absolute Gasteiger partial charge is 0.435 e. The number of halogens is 3. The molecule has 0 aliphatic rings. The third kappa shape index (κ3) is 3.58. The fraction of sp³-hybridized carbons (Fsp3) is 0.300. The molecule has 0 heterocycles. The number of ether oxygens (including phenoxy) is 1. The third-order valence-corrected chi connectivity index (χ3v) is 2.14. The number of hydrogen-bond acceptors (Lipinski definition) is 2. The average Bonchev–Trinajstić information content (AvgIpc) is 2.17. The number of rotatable bonds is 4. The first kappa shape index (κ1) is 12.1. The van der Waals surface area contributed by atoms with Crippen LogP contribution in [0.15, 0.2) is 24.3 Å². The van der Waals surface area contributed by atoms with Gasteiger partial charge in [-0.3, -0.25) is 4.79 Å². The van der Waals surface area contributed by atoms with Crippen LogP contribution in [0.4, 0.5) is 8.78 Å². The number of ketones is 1.